The molecule has 2 aromatic carbocycles. The zero-order valence-corrected chi connectivity index (χ0v) is 20.6. The van der Waals surface area contributed by atoms with Crippen LogP contribution in [0.2, 0.25) is 0 Å². The highest BCUT2D eigenvalue weighted by Gasteiger charge is 2.38. The van der Waals surface area contributed by atoms with Gasteiger partial charge in [-0.15, -0.1) is 5.10 Å². The summed E-state index contributed by atoms with van der Waals surface area (Å²) in [5, 5.41) is 13.5. The van der Waals surface area contributed by atoms with Crippen LogP contribution in [0.3, 0.4) is 0 Å². The van der Waals surface area contributed by atoms with Crippen LogP contribution in [-0.4, -0.2) is 67.3 Å². The molecule has 3 aromatic heterocycles. The number of rotatable bonds is 6. The number of fused-ring (bicyclic) bond motifs is 2. The number of methoxy groups -OCH3 is 1. The van der Waals surface area contributed by atoms with Gasteiger partial charge in [-0.1, -0.05) is 6.07 Å². The number of hydrogen-bond acceptors (Lipinski definition) is 6. The zero-order valence-electron chi connectivity index (χ0n) is 20.6. The molecule has 38 heavy (non-hydrogen) atoms. The second-order valence-corrected chi connectivity index (χ2v) is 9.32. The summed E-state index contributed by atoms with van der Waals surface area (Å²) in [4.78, 5) is 5.82. The molecule has 0 spiro atoms. The van der Waals surface area contributed by atoms with Crippen LogP contribution in [0.5, 0.6) is 5.75 Å². The standard InChI is InChI=1S/C26H23F4N7O/c1-3-36-14-31-24-20(10-32-34-25(24)36)15-4-5-21(27)18(6-15)19-7-16-9-33-37(22(16)8-23(19)38-2)17-11-35(12-17)13-26(28,29)30/h4-10,14,17H,3,11-13H2,1-2H3. The number of alkyl halides is 3. The van der Waals surface area contributed by atoms with E-state index in [1.807, 2.05) is 11.5 Å². The normalized spacial score (nSPS) is 14.9. The molecule has 1 saturated heterocycles. The molecule has 0 bridgehead atoms. The Morgan fingerprint density at radius 1 is 1.05 bits per heavy atom. The molecule has 196 valence electrons. The molecule has 0 N–H and O–H groups in total. The maximum atomic E-state index is 15.2. The minimum atomic E-state index is -4.23. The van der Waals surface area contributed by atoms with Crippen molar-refractivity contribution in [3.05, 3.63) is 54.9 Å². The molecule has 1 aliphatic rings. The molecule has 0 radical (unpaired) electrons. The second-order valence-electron chi connectivity index (χ2n) is 9.32. The number of aryl methyl sites for hydroxylation is 1. The van der Waals surface area contributed by atoms with Crippen molar-refractivity contribution in [2.45, 2.75) is 25.7 Å². The lowest BCUT2D eigenvalue weighted by molar-refractivity contribution is -0.157. The first-order valence-electron chi connectivity index (χ1n) is 12.1. The van der Waals surface area contributed by atoms with Crippen LogP contribution in [0.4, 0.5) is 17.6 Å². The highest BCUT2D eigenvalue weighted by molar-refractivity contribution is 5.92. The van der Waals surface area contributed by atoms with Crippen LogP contribution >= 0.6 is 0 Å². The topological polar surface area (TPSA) is 73.9 Å². The Balaban J connectivity index is 1.38. The Morgan fingerprint density at radius 2 is 1.87 bits per heavy atom. The fourth-order valence-corrected chi connectivity index (χ4v) is 5.04. The van der Waals surface area contributed by atoms with Crippen molar-refractivity contribution in [2.75, 3.05) is 26.7 Å². The molecule has 5 aromatic rings. The highest BCUT2D eigenvalue weighted by atomic mass is 19.4. The number of likely N-dealkylation sites (tertiary alicyclic amines) is 1. The molecular formula is C26H23F4N7O. The van der Waals surface area contributed by atoms with Crippen LogP contribution in [0.25, 0.3) is 44.3 Å². The third-order valence-electron chi connectivity index (χ3n) is 6.92. The van der Waals surface area contributed by atoms with E-state index in [9.17, 15) is 13.2 Å². The molecule has 8 nitrogen and oxygen atoms in total. The summed E-state index contributed by atoms with van der Waals surface area (Å²) in [5.74, 6) is -0.00652. The predicted octanol–water partition coefficient (Wildman–Crippen LogP) is 5.10. The first-order chi connectivity index (χ1) is 18.3. The third kappa shape index (κ3) is 4.14. The van der Waals surface area contributed by atoms with E-state index in [1.165, 1.54) is 18.1 Å². The van der Waals surface area contributed by atoms with E-state index < -0.39 is 18.5 Å². The molecule has 0 unspecified atom stereocenters. The first kappa shape index (κ1) is 24.3. The molecule has 0 saturated carbocycles. The molecule has 0 amide bonds. The predicted molar refractivity (Wildman–Crippen MR) is 133 cm³/mol. The summed E-state index contributed by atoms with van der Waals surface area (Å²) in [6, 6.07) is 8.15. The Kier molecular flexibility index (Phi) is 5.78. The van der Waals surface area contributed by atoms with Crippen LogP contribution in [0.1, 0.15) is 13.0 Å². The van der Waals surface area contributed by atoms with E-state index in [4.69, 9.17) is 4.74 Å². The van der Waals surface area contributed by atoms with Gasteiger partial charge >= 0.3 is 6.18 Å². The fourth-order valence-electron chi connectivity index (χ4n) is 5.04. The second kappa shape index (κ2) is 9.05. The van der Waals surface area contributed by atoms with Crippen LogP contribution < -0.4 is 4.74 Å². The number of benzene rings is 2. The van der Waals surface area contributed by atoms with Gasteiger partial charge in [-0.2, -0.15) is 23.4 Å². The SMILES string of the molecule is CCn1cnc2c(-c3ccc(F)c(-c4cc5cnn(C6CN(CC(F)(F)F)C6)c5cc4OC)c3)cnnc21. The molecule has 0 atom stereocenters. The van der Waals surface area contributed by atoms with Crippen molar-refractivity contribution < 1.29 is 22.3 Å². The number of aromatic nitrogens is 6. The van der Waals surface area contributed by atoms with Crippen LogP contribution in [-0.2, 0) is 6.54 Å². The number of imidazole rings is 1. The van der Waals surface area contributed by atoms with Crippen molar-refractivity contribution in [2.24, 2.45) is 0 Å². The van der Waals surface area contributed by atoms with Gasteiger partial charge in [0.05, 0.1) is 43.9 Å². The lowest BCUT2D eigenvalue weighted by atomic mass is 9.97. The van der Waals surface area contributed by atoms with Gasteiger partial charge in [0.25, 0.3) is 0 Å². The Hall–Kier alpha value is -4.06. The highest BCUT2D eigenvalue weighted by Crippen LogP contribution is 2.39. The number of hydrogen-bond donors (Lipinski definition) is 0. The lowest BCUT2D eigenvalue weighted by Gasteiger charge is -2.39. The Bertz CT molecular complexity index is 1650. The van der Waals surface area contributed by atoms with E-state index in [1.54, 1.807) is 47.7 Å². The van der Waals surface area contributed by atoms with Gasteiger partial charge in [-0.3, -0.25) is 9.58 Å². The fraction of sp³-hybridized carbons (Fsp3) is 0.308. The molecule has 1 aliphatic heterocycles. The number of halogens is 4. The van der Waals surface area contributed by atoms with Gasteiger partial charge in [-0.25, -0.2) is 9.37 Å². The Morgan fingerprint density at radius 3 is 2.61 bits per heavy atom. The van der Waals surface area contributed by atoms with Crippen LogP contribution in [0.15, 0.2) is 49.1 Å². The molecule has 12 heteroatoms. The first-order valence-corrected chi connectivity index (χ1v) is 12.1. The third-order valence-corrected chi connectivity index (χ3v) is 6.92. The molecule has 0 aliphatic carbocycles. The minimum Gasteiger partial charge on any atom is -0.496 e. The van der Waals surface area contributed by atoms with Gasteiger partial charge in [0, 0.05) is 47.8 Å². The van der Waals surface area contributed by atoms with Gasteiger partial charge in [0.15, 0.2) is 5.65 Å². The summed E-state index contributed by atoms with van der Waals surface area (Å²) >= 11 is 0. The van der Waals surface area contributed by atoms with Crippen molar-refractivity contribution in [3.63, 3.8) is 0 Å². The molecule has 4 heterocycles. The van der Waals surface area contributed by atoms with Crippen molar-refractivity contribution in [1.29, 1.82) is 0 Å². The summed E-state index contributed by atoms with van der Waals surface area (Å²) in [7, 11) is 1.50. The van der Waals surface area contributed by atoms with E-state index in [0.29, 0.717) is 40.1 Å². The van der Waals surface area contributed by atoms with Gasteiger partial charge in [0.1, 0.15) is 17.1 Å². The summed E-state index contributed by atoms with van der Waals surface area (Å²) in [5.41, 5.74) is 4.33. The van der Waals surface area contributed by atoms with Gasteiger partial charge < -0.3 is 9.30 Å². The Labute approximate surface area is 214 Å². The molecule has 1 fully saturated rings. The monoisotopic (exact) mass is 525 g/mol. The van der Waals surface area contributed by atoms with E-state index in [0.717, 1.165) is 16.5 Å². The quantitative estimate of drug-likeness (QED) is 0.288. The summed E-state index contributed by atoms with van der Waals surface area (Å²) < 4.78 is 62.5. The van der Waals surface area contributed by atoms with Crippen molar-refractivity contribution >= 4 is 22.1 Å². The van der Waals surface area contributed by atoms with Crippen molar-refractivity contribution in [1.82, 2.24) is 34.4 Å². The lowest BCUT2D eigenvalue weighted by Crippen LogP contribution is -2.51. The van der Waals surface area contributed by atoms with Crippen molar-refractivity contribution in [3.8, 4) is 28.0 Å². The number of ether oxygens (including phenoxy) is 1. The molecule has 6 rings (SSSR count). The average molecular weight is 526 g/mol. The smallest absolute Gasteiger partial charge is 0.401 e. The molecular weight excluding hydrogens is 502 g/mol. The maximum absolute atomic E-state index is 15.2. The van der Waals surface area contributed by atoms with E-state index in [-0.39, 0.29) is 19.1 Å². The average Bonchev–Trinajstić information content (AvgIpc) is 3.48. The van der Waals surface area contributed by atoms with Gasteiger partial charge in [-0.05, 0) is 30.7 Å². The van der Waals surface area contributed by atoms with E-state index >= 15 is 4.39 Å². The summed E-state index contributed by atoms with van der Waals surface area (Å²) in [6.45, 7) is 2.23. The number of nitrogens with zero attached hydrogens (tertiary/aromatic N) is 7. The van der Waals surface area contributed by atoms with Crippen LogP contribution in [0, 0.1) is 5.82 Å². The van der Waals surface area contributed by atoms with E-state index in [2.05, 4.69) is 20.3 Å². The van der Waals surface area contributed by atoms with Gasteiger partial charge in [0.2, 0.25) is 0 Å². The minimum absolute atomic E-state index is 0.185. The summed E-state index contributed by atoms with van der Waals surface area (Å²) in [6.07, 6.45) is 0.714. The maximum Gasteiger partial charge on any atom is 0.401 e. The largest absolute Gasteiger partial charge is 0.496 e. The zero-order chi connectivity index (χ0) is 26.6.